The Balaban J connectivity index is 2.04. The van der Waals surface area contributed by atoms with Crippen LogP contribution in [0, 0.1) is 12.3 Å². The molecule has 0 aliphatic carbocycles. The molecular weight excluding hydrogens is 264 g/mol. The molecule has 110 valence electrons. The smallest absolute Gasteiger partial charge is 0.230 e. The van der Waals surface area contributed by atoms with E-state index in [0.717, 1.165) is 5.69 Å². The number of carbonyl (C=O) groups excluding carboxylic acids is 1. The van der Waals surface area contributed by atoms with Crippen molar-refractivity contribution in [1.82, 2.24) is 10.2 Å². The normalized spacial score (nSPS) is 11.0. The van der Waals surface area contributed by atoms with Gasteiger partial charge < -0.3 is 10.6 Å². The zero-order valence-electron chi connectivity index (χ0n) is 12.8. The number of carbonyl (C=O) groups is 1. The molecule has 0 atom stereocenters. The summed E-state index contributed by atoms with van der Waals surface area (Å²) in [4.78, 5) is 11.9. The quantitative estimate of drug-likeness (QED) is 0.905. The second-order valence-corrected chi connectivity index (χ2v) is 6.00. The molecule has 0 bridgehead atoms. The Kier molecular flexibility index (Phi) is 4.21. The molecule has 0 saturated carbocycles. The Labute approximate surface area is 124 Å². The average Bonchev–Trinajstić information content (AvgIpc) is 2.40. The van der Waals surface area contributed by atoms with Gasteiger partial charge in [-0.3, -0.25) is 4.79 Å². The minimum Gasteiger partial charge on any atom is -0.339 e. The molecule has 5 heteroatoms. The van der Waals surface area contributed by atoms with Gasteiger partial charge in [-0.25, -0.2) is 0 Å². The standard InChI is InChI=1S/C16H20N4O/c1-11-6-5-7-12(10-11)17-13-8-9-14(20-19-13)18-15(21)16(2,3)4/h5-10H,1-4H3,(H,17,19)(H,18,20,21). The molecule has 0 aliphatic rings. The van der Waals surface area contributed by atoms with Crippen LogP contribution in [0.15, 0.2) is 36.4 Å². The minimum absolute atomic E-state index is 0.0869. The highest BCUT2D eigenvalue weighted by Crippen LogP contribution is 2.18. The van der Waals surface area contributed by atoms with E-state index in [1.54, 1.807) is 12.1 Å². The molecule has 0 radical (unpaired) electrons. The van der Waals surface area contributed by atoms with Crippen molar-refractivity contribution in [3.05, 3.63) is 42.0 Å². The molecule has 5 nitrogen and oxygen atoms in total. The highest BCUT2D eigenvalue weighted by atomic mass is 16.2. The van der Waals surface area contributed by atoms with Crippen molar-refractivity contribution < 1.29 is 4.79 Å². The van der Waals surface area contributed by atoms with Crippen LogP contribution >= 0.6 is 0 Å². The molecule has 1 aromatic carbocycles. The first kappa shape index (κ1) is 15.0. The lowest BCUT2D eigenvalue weighted by atomic mass is 9.96. The summed E-state index contributed by atoms with van der Waals surface area (Å²) in [5.74, 6) is 0.996. The molecule has 2 rings (SSSR count). The van der Waals surface area contributed by atoms with E-state index in [0.29, 0.717) is 11.6 Å². The van der Waals surface area contributed by atoms with Gasteiger partial charge in [-0.15, -0.1) is 10.2 Å². The lowest BCUT2D eigenvalue weighted by molar-refractivity contribution is -0.123. The van der Waals surface area contributed by atoms with Crippen LogP contribution in [0.3, 0.4) is 0 Å². The van der Waals surface area contributed by atoms with Gasteiger partial charge in [0.1, 0.15) is 0 Å². The van der Waals surface area contributed by atoms with E-state index >= 15 is 0 Å². The lowest BCUT2D eigenvalue weighted by Crippen LogP contribution is -2.28. The predicted molar refractivity (Wildman–Crippen MR) is 84.6 cm³/mol. The summed E-state index contributed by atoms with van der Waals surface area (Å²) in [5.41, 5.74) is 1.66. The van der Waals surface area contributed by atoms with Gasteiger partial charge in [0, 0.05) is 11.1 Å². The second kappa shape index (κ2) is 5.91. The third-order valence-corrected chi connectivity index (χ3v) is 2.88. The van der Waals surface area contributed by atoms with Gasteiger partial charge in [0.15, 0.2) is 11.6 Å². The monoisotopic (exact) mass is 284 g/mol. The van der Waals surface area contributed by atoms with Crippen LogP contribution in [0.25, 0.3) is 0 Å². The van der Waals surface area contributed by atoms with Crippen molar-refractivity contribution in [3.8, 4) is 0 Å². The summed E-state index contributed by atoms with van der Waals surface area (Å²) in [6.45, 7) is 7.58. The van der Waals surface area contributed by atoms with Crippen LogP contribution in [0.1, 0.15) is 26.3 Å². The van der Waals surface area contributed by atoms with Crippen molar-refractivity contribution >= 4 is 23.2 Å². The molecule has 1 amide bonds. The highest BCUT2D eigenvalue weighted by Gasteiger charge is 2.21. The number of rotatable bonds is 3. The maximum Gasteiger partial charge on any atom is 0.230 e. The Morgan fingerprint density at radius 3 is 2.29 bits per heavy atom. The summed E-state index contributed by atoms with van der Waals surface area (Å²) in [6, 6.07) is 11.5. The highest BCUT2D eigenvalue weighted by molar-refractivity contribution is 5.93. The first-order valence-electron chi connectivity index (χ1n) is 6.83. The second-order valence-electron chi connectivity index (χ2n) is 6.00. The van der Waals surface area contributed by atoms with Crippen LogP contribution in [-0.2, 0) is 4.79 Å². The number of nitrogens with zero attached hydrogens (tertiary/aromatic N) is 2. The SMILES string of the molecule is Cc1cccc(Nc2ccc(NC(=O)C(C)(C)C)nn2)c1. The predicted octanol–water partition coefficient (Wildman–Crippen LogP) is 3.51. The number of hydrogen-bond donors (Lipinski definition) is 2. The summed E-state index contributed by atoms with van der Waals surface area (Å²) >= 11 is 0. The Morgan fingerprint density at radius 1 is 1.05 bits per heavy atom. The van der Waals surface area contributed by atoms with E-state index in [4.69, 9.17) is 0 Å². The fourth-order valence-corrected chi connectivity index (χ4v) is 1.64. The lowest BCUT2D eigenvalue weighted by Gasteiger charge is -2.16. The number of amides is 1. The number of benzene rings is 1. The molecule has 21 heavy (non-hydrogen) atoms. The third-order valence-electron chi connectivity index (χ3n) is 2.88. The molecule has 2 aromatic rings. The van der Waals surface area contributed by atoms with Gasteiger partial charge >= 0.3 is 0 Å². The number of aromatic nitrogens is 2. The van der Waals surface area contributed by atoms with Gasteiger partial charge in [-0.1, -0.05) is 32.9 Å². The number of aryl methyl sites for hydroxylation is 1. The van der Waals surface area contributed by atoms with Crippen molar-refractivity contribution in [3.63, 3.8) is 0 Å². The first-order chi connectivity index (χ1) is 9.84. The number of hydrogen-bond acceptors (Lipinski definition) is 4. The van der Waals surface area contributed by atoms with E-state index < -0.39 is 5.41 Å². The van der Waals surface area contributed by atoms with E-state index in [1.807, 2.05) is 52.0 Å². The van der Waals surface area contributed by atoms with Crippen LogP contribution in [-0.4, -0.2) is 16.1 Å². The van der Waals surface area contributed by atoms with Crippen molar-refractivity contribution in [2.45, 2.75) is 27.7 Å². The molecule has 0 unspecified atom stereocenters. The zero-order chi connectivity index (χ0) is 15.5. The Bertz CT molecular complexity index is 629. The molecule has 0 spiro atoms. The van der Waals surface area contributed by atoms with Gasteiger partial charge in [0.25, 0.3) is 0 Å². The minimum atomic E-state index is -0.458. The van der Waals surface area contributed by atoms with E-state index in [9.17, 15) is 4.79 Å². The average molecular weight is 284 g/mol. The molecule has 1 aromatic heterocycles. The fourth-order valence-electron chi connectivity index (χ4n) is 1.64. The van der Waals surface area contributed by atoms with Crippen LogP contribution < -0.4 is 10.6 Å². The molecule has 0 fully saturated rings. The van der Waals surface area contributed by atoms with E-state index in [2.05, 4.69) is 20.8 Å². The summed E-state index contributed by atoms with van der Waals surface area (Å²) < 4.78 is 0. The maximum absolute atomic E-state index is 11.9. The topological polar surface area (TPSA) is 66.9 Å². The zero-order valence-corrected chi connectivity index (χ0v) is 12.8. The van der Waals surface area contributed by atoms with Gasteiger partial charge in [0.05, 0.1) is 0 Å². The largest absolute Gasteiger partial charge is 0.339 e. The fraction of sp³-hybridized carbons (Fsp3) is 0.312. The summed E-state index contributed by atoms with van der Waals surface area (Å²) in [6.07, 6.45) is 0. The van der Waals surface area contributed by atoms with E-state index in [1.165, 1.54) is 5.56 Å². The third kappa shape index (κ3) is 4.27. The number of nitrogens with one attached hydrogen (secondary N) is 2. The van der Waals surface area contributed by atoms with Gasteiger partial charge in [-0.2, -0.15) is 0 Å². The molecule has 0 saturated heterocycles. The summed E-state index contributed by atoms with van der Waals surface area (Å²) in [7, 11) is 0. The van der Waals surface area contributed by atoms with Crippen LogP contribution in [0.5, 0.6) is 0 Å². The molecular formula is C16H20N4O. The van der Waals surface area contributed by atoms with E-state index in [-0.39, 0.29) is 5.91 Å². The van der Waals surface area contributed by atoms with Crippen LogP contribution in [0.2, 0.25) is 0 Å². The van der Waals surface area contributed by atoms with Crippen molar-refractivity contribution in [1.29, 1.82) is 0 Å². The Morgan fingerprint density at radius 2 is 1.71 bits per heavy atom. The van der Waals surface area contributed by atoms with Crippen LogP contribution in [0.4, 0.5) is 17.3 Å². The van der Waals surface area contributed by atoms with Crippen molar-refractivity contribution in [2.24, 2.45) is 5.41 Å². The van der Waals surface area contributed by atoms with Crippen molar-refractivity contribution in [2.75, 3.05) is 10.6 Å². The molecule has 1 heterocycles. The first-order valence-corrected chi connectivity index (χ1v) is 6.83. The van der Waals surface area contributed by atoms with Gasteiger partial charge in [0.2, 0.25) is 5.91 Å². The number of anilines is 3. The Hall–Kier alpha value is -2.43. The molecule has 2 N–H and O–H groups in total. The van der Waals surface area contributed by atoms with Gasteiger partial charge in [-0.05, 0) is 36.8 Å². The maximum atomic E-state index is 11.9. The molecule has 0 aliphatic heterocycles. The summed E-state index contributed by atoms with van der Waals surface area (Å²) in [5, 5.41) is 14.0.